The molecule has 28 heavy (non-hydrogen) atoms. The number of H-pyrrole nitrogens is 1. The Labute approximate surface area is 163 Å². The lowest BCUT2D eigenvalue weighted by Gasteiger charge is -2.14. The summed E-state index contributed by atoms with van der Waals surface area (Å²) < 4.78 is 0. The fourth-order valence-electron chi connectivity index (χ4n) is 3.84. The van der Waals surface area contributed by atoms with Crippen molar-refractivity contribution in [1.82, 2.24) is 20.8 Å². The van der Waals surface area contributed by atoms with E-state index in [0.717, 1.165) is 52.7 Å². The molecule has 2 aromatic carbocycles. The molecule has 0 aliphatic carbocycles. The number of aromatic nitrogens is 2. The van der Waals surface area contributed by atoms with Gasteiger partial charge in [0.05, 0.1) is 17.1 Å². The molecule has 4 rings (SSSR count). The van der Waals surface area contributed by atoms with Gasteiger partial charge in [0.15, 0.2) is 0 Å². The maximum atomic E-state index is 12.3. The summed E-state index contributed by atoms with van der Waals surface area (Å²) in [5.74, 6) is 0.0445. The predicted molar refractivity (Wildman–Crippen MR) is 110 cm³/mol. The highest BCUT2D eigenvalue weighted by atomic mass is 16.2. The van der Waals surface area contributed by atoms with Gasteiger partial charge in [0.25, 0.3) is 5.56 Å². The van der Waals surface area contributed by atoms with Crippen molar-refractivity contribution < 1.29 is 4.79 Å². The lowest BCUT2D eigenvalue weighted by Crippen LogP contribution is -2.40. The molecule has 1 atom stereocenters. The molecule has 3 aromatic rings. The highest BCUT2D eigenvalue weighted by Crippen LogP contribution is 2.30. The molecule has 0 bridgehead atoms. The monoisotopic (exact) mass is 376 g/mol. The third-order valence-corrected chi connectivity index (χ3v) is 5.42. The van der Waals surface area contributed by atoms with Crippen LogP contribution in [0, 0.1) is 13.8 Å². The average molecular weight is 376 g/mol. The van der Waals surface area contributed by atoms with Gasteiger partial charge in [-0.3, -0.25) is 9.59 Å². The minimum Gasteiger partial charge on any atom is -0.351 e. The highest BCUT2D eigenvalue weighted by Gasteiger charge is 2.21. The van der Waals surface area contributed by atoms with Crippen LogP contribution >= 0.6 is 0 Å². The van der Waals surface area contributed by atoms with Crippen LogP contribution in [-0.4, -0.2) is 28.7 Å². The Kier molecular flexibility index (Phi) is 4.96. The number of fused-ring (bicyclic) bond motifs is 1. The lowest BCUT2D eigenvalue weighted by molar-refractivity contribution is -0.122. The van der Waals surface area contributed by atoms with Crippen LogP contribution in [0.3, 0.4) is 0 Å². The van der Waals surface area contributed by atoms with Crippen molar-refractivity contribution in [1.29, 1.82) is 0 Å². The molecule has 1 aliphatic rings. The van der Waals surface area contributed by atoms with Crippen LogP contribution in [0.25, 0.3) is 22.0 Å². The normalized spacial score (nSPS) is 16.4. The molecule has 2 heterocycles. The average Bonchev–Trinajstić information content (AvgIpc) is 3.23. The number of carbonyl (C=O) groups excluding carboxylic acids is 1. The molecule has 0 radical (unpaired) electrons. The van der Waals surface area contributed by atoms with Gasteiger partial charge in [-0.25, -0.2) is 5.10 Å². The first-order chi connectivity index (χ1) is 13.5. The maximum Gasteiger partial charge on any atom is 0.272 e. The van der Waals surface area contributed by atoms with Crippen LogP contribution in [0.2, 0.25) is 0 Å². The van der Waals surface area contributed by atoms with E-state index in [4.69, 9.17) is 0 Å². The molecule has 6 nitrogen and oxygen atoms in total. The Hall–Kier alpha value is -2.99. The number of nitrogens with zero attached hydrogens (tertiary/aromatic N) is 1. The van der Waals surface area contributed by atoms with E-state index >= 15 is 0 Å². The first-order valence-corrected chi connectivity index (χ1v) is 9.63. The van der Waals surface area contributed by atoms with Crippen molar-refractivity contribution >= 4 is 16.7 Å². The van der Waals surface area contributed by atoms with Crippen LogP contribution < -0.4 is 16.2 Å². The van der Waals surface area contributed by atoms with Crippen molar-refractivity contribution in [2.75, 3.05) is 6.54 Å². The number of aromatic amines is 1. The molecule has 1 saturated heterocycles. The van der Waals surface area contributed by atoms with Crippen LogP contribution in [0.5, 0.6) is 0 Å². The fraction of sp³-hybridized carbons (Fsp3) is 0.318. The molecular weight excluding hydrogens is 352 g/mol. The summed E-state index contributed by atoms with van der Waals surface area (Å²) in [6, 6.07) is 11.7. The highest BCUT2D eigenvalue weighted by molar-refractivity contribution is 5.96. The minimum atomic E-state index is -0.187. The summed E-state index contributed by atoms with van der Waals surface area (Å²) in [4.78, 5) is 24.5. The molecule has 0 saturated carbocycles. The van der Waals surface area contributed by atoms with Gasteiger partial charge in [-0.15, -0.1) is 0 Å². The fourth-order valence-corrected chi connectivity index (χ4v) is 3.84. The smallest absolute Gasteiger partial charge is 0.272 e. The molecule has 1 aliphatic heterocycles. The number of amides is 1. The number of rotatable bonds is 4. The van der Waals surface area contributed by atoms with E-state index in [2.05, 4.69) is 20.8 Å². The second kappa shape index (κ2) is 7.56. The van der Waals surface area contributed by atoms with Gasteiger partial charge in [0.2, 0.25) is 5.91 Å². The molecule has 1 fully saturated rings. The first-order valence-electron chi connectivity index (χ1n) is 9.63. The number of hydrogen-bond acceptors (Lipinski definition) is 4. The summed E-state index contributed by atoms with van der Waals surface area (Å²) in [6.45, 7) is 5.37. The molecule has 1 aromatic heterocycles. The zero-order chi connectivity index (χ0) is 19.7. The van der Waals surface area contributed by atoms with Crippen molar-refractivity contribution in [2.45, 2.75) is 39.3 Å². The Balaban J connectivity index is 1.68. The zero-order valence-corrected chi connectivity index (χ0v) is 16.1. The van der Waals surface area contributed by atoms with Gasteiger partial charge in [-0.1, -0.05) is 24.3 Å². The predicted octanol–water partition coefficient (Wildman–Crippen LogP) is 2.58. The minimum absolute atomic E-state index is 0.0445. The number of hydrogen-bond donors (Lipinski definition) is 3. The maximum absolute atomic E-state index is 12.3. The van der Waals surface area contributed by atoms with Gasteiger partial charge in [-0.05, 0) is 62.1 Å². The Morgan fingerprint density at radius 2 is 2.07 bits per heavy atom. The molecule has 1 unspecified atom stereocenters. The van der Waals surface area contributed by atoms with E-state index in [1.807, 2.05) is 50.2 Å². The molecule has 1 amide bonds. The van der Waals surface area contributed by atoms with Crippen molar-refractivity contribution in [3.05, 3.63) is 63.4 Å². The number of nitrogens with one attached hydrogen (secondary N) is 3. The van der Waals surface area contributed by atoms with Crippen molar-refractivity contribution in [3.8, 4) is 11.3 Å². The van der Waals surface area contributed by atoms with Gasteiger partial charge in [-0.2, -0.15) is 5.10 Å². The van der Waals surface area contributed by atoms with E-state index in [0.29, 0.717) is 11.9 Å². The molecular formula is C22H24N4O2. The summed E-state index contributed by atoms with van der Waals surface area (Å²) in [7, 11) is 0. The van der Waals surface area contributed by atoms with Gasteiger partial charge in [0.1, 0.15) is 0 Å². The Bertz CT molecular complexity index is 1100. The number of benzene rings is 2. The van der Waals surface area contributed by atoms with Crippen LogP contribution in [0.1, 0.15) is 29.5 Å². The summed E-state index contributed by atoms with van der Waals surface area (Å²) >= 11 is 0. The standard InChI is InChI=1S/C22H24N4O2/c1-13-8-9-15(12-24-22(28)18-7-4-10-23-18)11-17(13)20-19-14(2)5-3-6-16(19)21(27)26-25-20/h3,5-6,8-9,11,18,23H,4,7,10,12H2,1-2H3,(H,24,28)(H,26,27). The third kappa shape index (κ3) is 3.43. The van der Waals surface area contributed by atoms with E-state index in [1.165, 1.54) is 0 Å². The van der Waals surface area contributed by atoms with E-state index in [1.54, 1.807) is 0 Å². The molecule has 0 spiro atoms. The molecule has 3 N–H and O–H groups in total. The second-order valence-electron chi connectivity index (χ2n) is 7.41. The molecule has 144 valence electrons. The summed E-state index contributed by atoms with van der Waals surface area (Å²) in [5.41, 5.74) is 4.61. The van der Waals surface area contributed by atoms with Crippen molar-refractivity contribution in [3.63, 3.8) is 0 Å². The van der Waals surface area contributed by atoms with E-state index < -0.39 is 0 Å². The van der Waals surface area contributed by atoms with Crippen LogP contribution in [0.15, 0.2) is 41.2 Å². The van der Waals surface area contributed by atoms with E-state index in [-0.39, 0.29) is 17.5 Å². The van der Waals surface area contributed by atoms with Crippen molar-refractivity contribution in [2.24, 2.45) is 0 Å². The van der Waals surface area contributed by atoms with Crippen LogP contribution in [-0.2, 0) is 11.3 Å². The first kappa shape index (κ1) is 18.4. The zero-order valence-electron chi connectivity index (χ0n) is 16.1. The van der Waals surface area contributed by atoms with Gasteiger partial charge < -0.3 is 10.6 Å². The second-order valence-corrected chi connectivity index (χ2v) is 7.41. The SMILES string of the molecule is Cc1ccc(CNC(=O)C2CCCN2)cc1-c1n[nH]c(=O)c2cccc(C)c12. The Morgan fingerprint density at radius 3 is 2.86 bits per heavy atom. The largest absolute Gasteiger partial charge is 0.351 e. The quantitative estimate of drug-likeness (QED) is 0.653. The summed E-state index contributed by atoms with van der Waals surface area (Å²) in [6.07, 6.45) is 1.93. The topological polar surface area (TPSA) is 86.9 Å². The number of carbonyl (C=O) groups is 1. The lowest BCUT2D eigenvalue weighted by atomic mass is 9.96. The summed E-state index contributed by atoms with van der Waals surface area (Å²) in [5, 5.41) is 14.7. The van der Waals surface area contributed by atoms with E-state index in [9.17, 15) is 9.59 Å². The molecule has 6 heteroatoms. The van der Waals surface area contributed by atoms with Gasteiger partial charge >= 0.3 is 0 Å². The van der Waals surface area contributed by atoms with Crippen LogP contribution in [0.4, 0.5) is 0 Å². The number of aryl methyl sites for hydroxylation is 2. The Morgan fingerprint density at radius 1 is 1.21 bits per heavy atom. The third-order valence-electron chi connectivity index (χ3n) is 5.42. The van der Waals surface area contributed by atoms with Gasteiger partial charge in [0, 0.05) is 17.5 Å².